The average Bonchev–Trinajstić information content (AvgIpc) is 2.72. The number of anilines is 1. The van der Waals surface area contributed by atoms with Gasteiger partial charge in [0.25, 0.3) is 0 Å². The number of nitrogens with one attached hydrogen (secondary N) is 1. The summed E-state index contributed by atoms with van der Waals surface area (Å²) >= 11 is 3.35. The molecule has 0 aliphatic carbocycles. The van der Waals surface area contributed by atoms with Gasteiger partial charge >= 0.3 is 0 Å². The van der Waals surface area contributed by atoms with E-state index in [1.165, 1.54) is 6.20 Å². The SMILES string of the molecule is Nc1nccnc1-c1nc2ncc(Br)cc2[nH]1. The second-order valence-electron chi connectivity index (χ2n) is 3.40. The predicted molar refractivity (Wildman–Crippen MR) is 67.0 cm³/mol. The van der Waals surface area contributed by atoms with Gasteiger partial charge in [0.05, 0.1) is 5.52 Å². The van der Waals surface area contributed by atoms with Crippen LogP contribution in [0, 0.1) is 0 Å². The Morgan fingerprint density at radius 3 is 2.82 bits per heavy atom. The fraction of sp³-hybridized carbons (Fsp3) is 0. The maximum Gasteiger partial charge on any atom is 0.178 e. The van der Waals surface area contributed by atoms with Crippen LogP contribution >= 0.6 is 15.9 Å². The number of hydrogen-bond donors (Lipinski definition) is 2. The molecule has 0 aliphatic rings. The highest BCUT2D eigenvalue weighted by molar-refractivity contribution is 9.10. The summed E-state index contributed by atoms with van der Waals surface area (Å²) in [6.45, 7) is 0. The Morgan fingerprint density at radius 2 is 2.00 bits per heavy atom. The van der Waals surface area contributed by atoms with Crippen LogP contribution in [0.5, 0.6) is 0 Å². The van der Waals surface area contributed by atoms with Gasteiger partial charge in [0.15, 0.2) is 17.3 Å². The summed E-state index contributed by atoms with van der Waals surface area (Å²) in [5.74, 6) is 0.904. The third-order valence-electron chi connectivity index (χ3n) is 2.25. The zero-order valence-electron chi connectivity index (χ0n) is 8.55. The second-order valence-corrected chi connectivity index (χ2v) is 4.32. The van der Waals surface area contributed by atoms with Crippen molar-refractivity contribution in [3.8, 4) is 11.5 Å². The summed E-state index contributed by atoms with van der Waals surface area (Å²) in [7, 11) is 0. The monoisotopic (exact) mass is 290 g/mol. The van der Waals surface area contributed by atoms with E-state index in [1.54, 1.807) is 12.4 Å². The first kappa shape index (κ1) is 10.2. The molecule has 0 aromatic carbocycles. The van der Waals surface area contributed by atoms with Crippen molar-refractivity contribution >= 4 is 32.9 Å². The molecule has 0 atom stereocenters. The van der Waals surface area contributed by atoms with E-state index in [4.69, 9.17) is 5.73 Å². The van der Waals surface area contributed by atoms with Gasteiger partial charge in [-0.1, -0.05) is 0 Å². The van der Waals surface area contributed by atoms with Gasteiger partial charge < -0.3 is 10.7 Å². The van der Waals surface area contributed by atoms with E-state index in [-0.39, 0.29) is 0 Å². The Hall–Kier alpha value is -2.02. The van der Waals surface area contributed by atoms with E-state index in [0.717, 1.165) is 9.99 Å². The summed E-state index contributed by atoms with van der Waals surface area (Å²) in [6.07, 6.45) is 4.80. The molecule has 0 bridgehead atoms. The van der Waals surface area contributed by atoms with Crippen LogP contribution in [0.2, 0.25) is 0 Å². The minimum absolute atomic E-state index is 0.339. The molecule has 0 spiro atoms. The number of imidazole rings is 1. The summed E-state index contributed by atoms with van der Waals surface area (Å²) in [5.41, 5.74) is 7.71. The van der Waals surface area contributed by atoms with E-state index in [2.05, 4.69) is 40.8 Å². The topological polar surface area (TPSA) is 93.4 Å². The maximum absolute atomic E-state index is 5.74. The Bertz CT molecular complexity index is 692. The van der Waals surface area contributed by atoms with Crippen LogP contribution in [0.25, 0.3) is 22.7 Å². The fourth-order valence-corrected chi connectivity index (χ4v) is 1.85. The molecule has 0 aliphatic heterocycles. The van der Waals surface area contributed by atoms with Crippen molar-refractivity contribution in [3.63, 3.8) is 0 Å². The van der Waals surface area contributed by atoms with Crippen LogP contribution in [0.1, 0.15) is 0 Å². The molecular weight excluding hydrogens is 284 g/mol. The van der Waals surface area contributed by atoms with E-state index in [1.807, 2.05) is 6.07 Å². The third kappa shape index (κ3) is 1.74. The van der Waals surface area contributed by atoms with E-state index in [9.17, 15) is 0 Å². The highest BCUT2D eigenvalue weighted by Gasteiger charge is 2.10. The number of aromatic amines is 1. The van der Waals surface area contributed by atoms with Crippen molar-refractivity contribution in [2.45, 2.75) is 0 Å². The molecule has 6 nitrogen and oxygen atoms in total. The molecule has 3 heterocycles. The molecule has 84 valence electrons. The molecule has 3 aromatic rings. The quantitative estimate of drug-likeness (QED) is 0.712. The average molecular weight is 291 g/mol. The number of nitrogens with two attached hydrogens (primary N) is 1. The molecule has 0 radical (unpaired) electrons. The lowest BCUT2D eigenvalue weighted by molar-refractivity contribution is 1.17. The smallest absolute Gasteiger partial charge is 0.178 e. The zero-order valence-corrected chi connectivity index (χ0v) is 10.1. The standard InChI is InChI=1S/C10H7BrN6/c11-5-3-6-9(15-4-5)17-10(16-6)7-8(12)14-2-1-13-7/h1-4H,(H2,12,14)(H,15,16,17). The molecule has 3 rings (SSSR count). The number of H-pyrrole nitrogens is 1. The molecular formula is C10H7BrN6. The third-order valence-corrected chi connectivity index (χ3v) is 2.69. The number of aromatic nitrogens is 5. The number of nitrogen functional groups attached to an aromatic ring is 1. The maximum atomic E-state index is 5.74. The molecule has 0 saturated carbocycles. The summed E-state index contributed by atoms with van der Waals surface area (Å²) in [5, 5.41) is 0. The van der Waals surface area contributed by atoms with Crippen molar-refractivity contribution in [2.75, 3.05) is 5.73 Å². The minimum atomic E-state index is 0.339. The van der Waals surface area contributed by atoms with Crippen LogP contribution in [-0.4, -0.2) is 24.9 Å². The van der Waals surface area contributed by atoms with Crippen LogP contribution in [-0.2, 0) is 0 Å². The Labute approximate surface area is 104 Å². The largest absolute Gasteiger partial charge is 0.382 e. The lowest BCUT2D eigenvalue weighted by Gasteiger charge is -1.97. The van der Waals surface area contributed by atoms with Crippen molar-refractivity contribution in [3.05, 3.63) is 29.1 Å². The van der Waals surface area contributed by atoms with Crippen molar-refractivity contribution in [1.82, 2.24) is 24.9 Å². The number of fused-ring (bicyclic) bond motifs is 1. The lowest BCUT2D eigenvalue weighted by atomic mass is 10.4. The summed E-state index contributed by atoms with van der Waals surface area (Å²) in [6, 6.07) is 1.89. The Morgan fingerprint density at radius 1 is 1.18 bits per heavy atom. The molecule has 3 aromatic heterocycles. The van der Waals surface area contributed by atoms with E-state index in [0.29, 0.717) is 23.0 Å². The minimum Gasteiger partial charge on any atom is -0.382 e. The Kier molecular flexibility index (Phi) is 2.25. The number of hydrogen-bond acceptors (Lipinski definition) is 5. The van der Waals surface area contributed by atoms with Gasteiger partial charge in [0, 0.05) is 23.1 Å². The van der Waals surface area contributed by atoms with Gasteiger partial charge in [-0.25, -0.2) is 19.9 Å². The first-order valence-electron chi connectivity index (χ1n) is 4.82. The first-order valence-corrected chi connectivity index (χ1v) is 5.61. The van der Waals surface area contributed by atoms with Gasteiger partial charge in [-0.2, -0.15) is 0 Å². The van der Waals surface area contributed by atoms with Crippen molar-refractivity contribution < 1.29 is 0 Å². The number of rotatable bonds is 1. The van der Waals surface area contributed by atoms with E-state index >= 15 is 0 Å². The summed E-state index contributed by atoms with van der Waals surface area (Å²) < 4.78 is 0.882. The van der Waals surface area contributed by atoms with Crippen LogP contribution in [0.4, 0.5) is 5.82 Å². The van der Waals surface area contributed by atoms with Gasteiger partial charge in [0.1, 0.15) is 5.69 Å². The molecule has 7 heteroatoms. The fourth-order valence-electron chi connectivity index (χ4n) is 1.52. The van der Waals surface area contributed by atoms with E-state index < -0.39 is 0 Å². The van der Waals surface area contributed by atoms with Crippen molar-refractivity contribution in [1.29, 1.82) is 0 Å². The summed E-state index contributed by atoms with van der Waals surface area (Å²) in [4.78, 5) is 19.7. The lowest BCUT2D eigenvalue weighted by Crippen LogP contribution is -1.96. The van der Waals surface area contributed by atoms with Gasteiger partial charge in [-0.15, -0.1) is 0 Å². The zero-order chi connectivity index (χ0) is 11.8. The highest BCUT2D eigenvalue weighted by atomic mass is 79.9. The molecule has 0 amide bonds. The van der Waals surface area contributed by atoms with Crippen molar-refractivity contribution in [2.24, 2.45) is 0 Å². The molecule has 0 fully saturated rings. The van der Waals surface area contributed by atoms with Gasteiger partial charge in [0.2, 0.25) is 0 Å². The first-order chi connectivity index (χ1) is 8.24. The number of halogens is 1. The molecule has 0 saturated heterocycles. The second kappa shape index (κ2) is 3.77. The Balaban J connectivity index is 2.22. The van der Waals surface area contributed by atoms with Gasteiger partial charge in [-0.3, -0.25) is 0 Å². The van der Waals surface area contributed by atoms with Gasteiger partial charge in [-0.05, 0) is 22.0 Å². The van der Waals surface area contributed by atoms with Crippen LogP contribution in [0.3, 0.4) is 0 Å². The molecule has 0 unspecified atom stereocenters. The molecule has 17 heavy (non-hydrogen) atoms. The number of nitrogens with zero attached hydrogens (tertiary/aromatic N) is 4. The predicted octanol–water partition coefficient (Wildman–Crippen LogP) is 1.76. The van der Waals surface area contributed by atoms with Crippen LogP contribution in [0.15, 0.2) is 29.1 Å². The number of pyridine rings is 1. The van der Waals surface area contributed by atoms with Crippen LogP contribution < -0.4 is 5.73 Å². The molecule has 3 N–H and O–H groups in total. The normalized spacial score (nSPS) is 10.9. The highest BCUT2D eigenvalue weighted by Crippen LogP contribution is 2.22.